The van der Waals surface area contributed by atoms with Gasteiger partial charge < -0.3 is 14.8 Å². The summed E-state index contributed by atoms with van der Waals surface area (Å²) < 4.78 is 51.4. The van der Waals surface area contributed by atoms with Crippen LogP contribution in [0.15, 0.2) is 9.59 Å². The van der Waals surface area contributed by atoms with Crippen LogP contribution in [0.25, 0.3) is 10.2 Å². The molecule has 0 unspecified atom stereocenters. The largest absolute Gasteiger partial charge is 0.390 e. The van der Waals surface area contributed by atoms with Crippen molar-refractivity contribution in [1.82, 2.24) is 14.5 Å². The molecule has 1 saturated heterocycles. The van der Waals surface area contributed by atoms with Crippen LogP contribution in [0.2, 0.25) is 0 Å². The summed E-state index contributed by atoms with van der Waals surface area (Å²) in [4.78, 5) is 26.5. The maximum atomic E-state index is 12.8. The molecule has 0 bridgehead atoms. The number of rotatable bonds is 7. The molecule has 29 heavy (non-hydrogen) atoms. The highest BCUT2D eigenvalue weighted by atomic mass is 32.1. The fourth-order valence-electron chi connectivity index (χ4n) is 3.39. The minimum atomic E-state index is -4.40. The van der Waals surface area contributed by atoms with E-state index >= 15 is 0 Å². The molecule has 1 aliphatic rings. The lowest BCUT2D eigenvalue weighted by molar-refractivity contribution is -0.138. The summed E-state index contributed by atoms with van der Waals surface area (Å²) in [7, 11) is 0. The van der Waals surface area contributed by atoms with Crippen molar-refractivity contribution in [3.05, 3.63) is 31.3 Å². The zero-order valence-corrected chi connectivity index (χ0v) is 17.3. The van der Waals surface area contributed by atoms with Gasteiger partial charge in [0.1, 0.15) is 4.83 Å². The third-order valence-corrected chi connectivity index (χ3v) is 6.27. The van der Waals surface area contributed by atoms with E-state index in [1.165, 1.54) is 11.3 Å². The van der Waals surface area contributed by atoms with Gasteiger partial charge in [0.05, 0.1) is 25.0 Å². The van der Waals surface area contributed by atoms with E-state index in [4.69, 9.17) is 9.47 Å². The minimum absolute atomic E-state index is 0.0928. The second-order valence-corrected chi connectivity index (χ2v) is 8.20. The summed E-state index contributed by atoms with van der Waals surface area (Å²) in [5.74, 6) is -0.728. The molecule has 1 aliphatic heterocycles. The predicted octanol–water partition coefficient (Wildman–Crippen LogP) is 2.36. The molecule has 162 valence electrons. The van der Waals surface area contributed by atoms with Crippen molar-refractivity contribution in [3.63, 3.8) is 0 Å². The lowest BCUT2D eigenvalue weighted by atomic mass is 10.2. The molecule has 0 atom stereocenters. The number of hydrogen-bond donors (Lipinski definition) is 1. The maximum absolute atomic E-state index is 12.8. The molecular weight excluding hydrogens is 411 g/mol. The highest BCUT2D eigenvalue weighted by Gasteiger charge is 2.31. The van der Waals surface area contributed by atoms with Gasteiger partial charge >= 0.3 is 11.9 Å². The standard InChI is InChI=1S/C18H24F3N3O4S/c1-4-23-14(25)13-11(2)12(9-22-10-17(3)27-7-8-28-17)29-15(13)24(16(23)26)6-5-18(19,20)21/h22H,4-10H2,1-3H3. The molecule has 3 heterocycles. The van der Waals surface area contributed by atoms with Crippen molar-refractivity contribution in [1.29, 1.82) is 0 Å². The third-order valence-electron chi connectivity index (χ3n) is 4.96. The fraction of sp³-hybridized carbons (Fsp3) is 0.667. The van der Waals surface area contributed by atoms with Gasteiger partial charge in [-0.15, -0.1) is 11.3 Å². The monoisotopic (exact) mass is 435 g/mol. The van der Waals surface area contributed by atoms with Gasteiger partial charge in [-0.05, 0) is 26.3 Å². The van der Waals surface area contributed by atoms with Gasteiger partial charge in [0, 0.05) is 31.1 Å². The molecule has 1 fully saturated rings. The van der Waals surface area contributed by atoms with Crippen LogP contribution in [0.5, 0.6) is 0 Å². The molecule has 0 aromatic carbocycles. The van der Waals surface area contributed by atoms with Crippen LogP contribution in [0.4, 0.5) is 13.2 Å². The van der Waals surface area contributed by atoms with Gasteiger partial charge in [-0.3, -0.25) is 13.9 Å². The SMILES string of the molecule is CCn1c(=O)c2c(C)c(CNCC3(C)OCCO3)sc2n(CCC(F)(F)F)c1=O. The van der Waals surface area contributed by atoms with Crippen molar-refractivity contribution in [3.8, 4) is 0 Å². The number of halogens is 3. The molecule has 0 spiro atoms. The molecule has 0 aliphatic carbocycles. The Balaban J connectivity index is 1.96. The van der Waals surface area contributed by atoms with Crippen LogP contribution in [-0.2, 0) is 29.1 Å². The molecule has 0 saturated carbocycles. The number of ether oxygens (including phenoxy) is 2. The lowest BCUT2D eigenvalue weighted by Crippen LogP contribution is -2.39. The molecule has 1 N–H and O–H groups in total. The topological polar surface area (TPSA) is 74.5 Å². The summed E-state index contributed by atoms with van der Waals surface area (Å²) in [6.07, 6.45) is -5.53. The van der Waals surface area contributed by atoms with Crippen molar-refractivity contribution >= 4 is 21.6 Å². The molecule has 7 nitrogen and oxygen atoms in total. The van der Waals surface area contributed by atoms with Gasteiger partial charge in [0.25, 0.3) is 5.56 Å². The predicted molar refractivity (Wildman–Crippen MR) is 103 cm³/mol. The second kappa shape index (κ2) is 8.21. The van der Waals surface area contributed by atoms with Crippen LogP contribution in [0.3, 0.4) is 0 Å². The quantitative estimate of drug-likeness (QED) is 0.723. The highest BCUT2D eigenvalue weighted by molar-refractivity contribution is 7.18. The Hall–Kier alpha value is -1.69. The van der Waals surface area contributed by atoms with E-state index in [2.05, 4.69) is 5.32 Å². The zero-order chi connectivity index (χ0) is 21.4. The Bertz CT molecular complexity index is 1000. The number of hydrogen-bond acceptors (Lipinski definition) is 6. The number of aromatic nitrogens is 2. The minimum Gasteiger partial charge on any atom is -0.347 e. The van der Waals surface area contributed by atoms with E-state index in [0.29, 0.717) is 37.3 Å². The summed E-state index contributed by atoms with van der Waals surface area (Å²) >= 11 is 1.17. The molecule has 2 aromatic rings. The summed E-state index contributed by atoms with van der Waals surface area (Å²) in [5.41, 5.74) is -0.510. The lowest BCUT2D eigenvalue weighted by Gasteiger charge is -2.22. The van der Waals surface area contributed by atoms with Crippen LogP contribution in [-0.4, -0.2) is 40.9 Å². The van der Waals surface area contributed by atoms with E-state index in [1.54, 1.807) is 13.8 Å². The first-order valence-electron chi connectivity index (χ1n) is 9.37. The summed E-state index contributed by atoms with van der Waals surface area (Å²) in [6, 6.07) is 0. The Morgan fingerprint density at radius 2 is 1.86 bits per heavy atom. The number of thiophene rings is 1. The van der Waals surface area contributed by atoms with Crippen LogP contribution in [0.1, 0.15) is 30.7 Å². The number of fused-ring (bicyclic) bond motifs is 1. The van der Waals surface area contributed by atoms with Crippen molar-refractivity contribution in [2.75, 3.05) is 19.8 Å². The van der Waals surface area contributed by atoms with E-state index in [-0.39, 0.29) is 11.4 Å². The van der Waals surface area contributed by atoms with Gasteiger partial charge in [-0.25, -0.2) is 4.79 Å². The first-order valence-corrected chi connectivity index (χ1v) is 10.2. The fourth-order valence-corrected chi connectivity index (χ4v) is 4.67. The van der Waals surface area contributed by atoms with E-state index in [1.807, 2.05) is 6.92 Å². The Labute approximate surface area is 169 Å². The van der Waals surface area contributed by atoms with Crippen LogP contribution >= 0.6 is 11.3 Å². The van der Waals surface area contributed by atoms with E-state index in [0.717, 1.165) is 14.0 Å². The Kier molecular flexibility index (Phi) is 6.23. The van der Waals surface area contributed by atoms with Crippen LogP contribution in [0, 0.1) is 6.92 Å². The second-order valence-electron chi connectivity index (χ2n) is 7.11. The van der Waals surface area contributed by atoms with E-state index < -0.39 is 36.2 Å². The highest BCUT2D eigenvalue weighted by Crippen LogP contribution is 2.29. The van der Waals surface area contributed by atoms with Gasteiger partial charge in [-0.1, -0.05) is 0 Å². The van der Waals surface area contributed by atoms with Gasteiger partial charge in [0.15, 0.2) is 5.79 Å². The number of alkyl halides is 3. The third kappa shape index (κ3) is 4.57. The maximum Gasteiger partial charge on any atom is 0.390 e. The van der Waals surface area contributed by atoms with Crippen molar-refractivity contribution in [2.45, 2.75) is 58.8 Å². The number of nitrogens with one attached hydrogen (secondary N) is 1. The van der Waals surface area contributed by atoms with Crippen molar-refractivity contribution < 1.29 is 22.6 Å². The Morgan fingerprint density at radius 3 is 2.45 bits per heavy atom. The number of aryl methyl sites for hydroxylation is 2. The average Bonchev–Trinajstić information content (AvgIpc) is 3.19. The Morgan fingerprint density at radius 1 is 1.21 bits per heavy atom. The first kappa shape index (κ1) is 22.0. The summed E-state index contributed by atoms with van der Waals surface area (Å²) in [6.45, 7) is 6.59. The molecular formula is C18H24F3N3O4S. The van der Waals surface area contributed by atoms with Gasteiger partial charge in [-0.2, -0.15) is 13.2 Å². The van der Waals surface area contributed by atoms with Crippen LogP contribution < -0.4 is 16.6 Å². The summed E-state index contributed by atoms with van der Waals surface area (Å²) in [5, 5.41) is 3.51. The molecule has 0 amide bonds. The molecule has 0 radical (unpaired) electrons. The van der Waals surface area contributed by atoms with Gasteiger partial charge in [0.2, 0.25) is 0 Å². The molecule has 2 aromatic heterocycles. The number of nitrogens with zero attached hydrogens (tertiary/aromatic N) is 2. The average molecular weight is 435 g/mol. The molecule has 11 heteroatoms. The van der Waals surface area contributed by atoms with Crippen molar-refractivity contribution in [2.24, 2.45) is 0 Å². The smallest absolute Gasteiger partial charge is 0.347 e. The molecule has 3 rings (SSSR count). The first-order chi connectivity index (χ1) is 13.6. The normalized spacial score (nSPS) is 16.8. The zero-order valence-electron chi connectivity index (χ0n) is 16.5. The van der Waals surface area contributed by atoms with E-state index in [9.17, 15) is 22.8 Å².